The van der Waals surface area contributed by atoms with Crippen LogP contribution in [0.3, 0.4) is 0 Å². The summed E-state index contributed by atoms with van der Waals surface area (Å²) in [5.74, 6) is -0.642. The van der Waals surface area contributed by atoms with Crippen molar-refractivity contribution < 1.29 is 9.59 Å². The van der Waals surface area contributed by atoms with Gasteiger partial charge in [-0.3, -0.25) is 14.6 Å². The number of amides is 2. The van der Waals surface area contributed by atoms with E-state index in [0.717, 1.165) is 44.2 Å². The molecule has 2 aromatic heterocycles. The van der Waals surface area contributed by atoms with Crippen LogP contribution in [-0.4, -0.2) is 21.4 Å². The molecule has 7 aromatic rings. The van der Waals surface area contributed by atoms with Crippen LogP contribution in [0.2, 0.25) is 0 Å². The second-order valence-corrected chi connectivity index (χ2v) is 10.4. The minimum absolute atomic E-state index is 0.317. The number of hydrogen-bond acceptors (Lipinski definition) is 3. The molecule has 0 aliphatic carbocycles. The molecule has 0 saturated heterocycles. The van der Waals surface area contributed by atoms with Crippen LogP contribution in [0.25, 0.3) is 49.9 Å². The predicted molar refractivity (Wildman–Crippen MR) is 167 cm³/mol. The molecule has 0 N–H and O–H groups in total. The third kappa shape index (κ3) is 3.61. The summed E-state index contributed by atoms with van der Waals surface area (Å²) in [4.78, 5) is 33.6. The lowest BCUT2D eigenvalue weighted by atomic mass is 10.1. The van der Waals surface area contributed by atoms with Gasteiger partial charge in [0.25, 0.3) is 11.8 Å². The van der Waals surface area contributed by atoms with E-state index in [1.807, 2.05) is 97.1 Å². The van der Waals surface area contributed by atoms with Crippen LogP contribution in [-0.2, 0) is 0 Å². The van der Waals surface area contributed by atoms with Gasteiger partial charge >= 0.3 is 0 Å². The van der Waals surface area contributed by atoms with Crippen molar-refractivity contribution in [3.63, 3.8) is 0 Å². The Bertz CT molecular complexity index is 2170. The second-order valence-electron chi connectivity index (χ2n) is 10.4. The summed E-state index contributed by atoms with van der Waals surface area (Å²) >= 11 is 0. The van der Waals surface area contributed by atoms with E-state index in [1.165, 1.54) is 4.90 Å². The van der Waals surface area contributed by atoms with Gasteiger partial charge in [-0.2, -0.15) is 0 Å². The fourth-order valence-corrected chi connectivity index (χ4v) is 6.05. The normalized spacial score (nSPS) is 12.8. The number of para-hydroxylation sites is 1. The largest absolute Gasteiger partial charge is 0.308 e. The van der Waals surface area contributed by atoms with E-state index in [1.54, 1.807) is 12.3 Å². The van der Waals surface area contributed by atoms with Crippen molar-refractivity contribution in [2.75, 3.05) is 4.90 Å². The van der Waals surface area contributed by atoms with Crippen LogP contribution >= 0.6 is 0 Å². The number of aromatic nitrogens is 2. The second kappa shape index (κ2) is 9.39. The van der Waals surface area contributed by atoms with Gasteiger partial charge in [-0.25, -0.2) is 4.90 Å². The average molecular weight is 542 g/mol. The predicted octanol–water partition coefficient (Wildman–Crippen LogP) is 8.31. The van der Waals surface area contributed by atoms with Crippen molar-refractivity contribution in [3.8, 4) is 28.1 Å². The quantitative estimate of drug-likeness (QED) is 0.211. The molecule has 5 nitrogen and oxygen atoms in total. The van der Waals surface area contributed by atoms with E-state index in [2.05, 4.69) is 39.9 Å². The van der Waals surface area contributed by atoms with Crippen LogP contribution in [0.4, 0.5) is 5.69 Å². The number of carbonyl (C=O) groups is 2. The molecule has 0 unspecified atom stereocenters. The zero-order valence-electron chi connectivity index (χ0n) is 22.4. The number of fused-ring (bicyclic) bond motifs is 4. The molecule has 3 heterocycles. The molecule has 0 fully saturated rings. The molecule has 5 aromatic carbocycles. The molecule has 0 radical (unpaired) electrons. The maximum atomic E-state index is 14.1. The average Bonchev–Trinajstić information content (AvgIpc) is 3.52. The fourth-order valence-electron chi connectivity index (χ4n) is 6.05. The molecular weight excluding hydrogens is 518 g/mol. The highest BCUT2D eigenvalue weighted by molar-refractivity contribution is 6.35. The Morgan fingerprint density at radius 3 is 2.05 bits per heavy atom. The van der Waals surface area contributed by atoms with Crippen molar-refractivity contribution >= 4 is 39.3 Å². The van der Waals surface area contributed by atoms with Gasteiger partial charge in [-0.1, -0.05) is 78.9 Å². The van der Waals surface area contributed by atoms with E-state index in [4.69, 9.17) is 0 Å². The maximum absolute atomic E-state index is 14.1. The Morgan fingerprint density at radius 2 is 1.24 bits per heavy atom. The van der Waals surface area contributed by atoms with Crippen molar-refractivity contribution in [2.45, 2.75) is 0 Å². The number of carbonyl (C=O) groups excluding carboxylic acids is 2. The molecule has 5 heteroatoms. The van der Waals surface area contributed by atoms with E-state index < -0.39 is 0 Å². The van der Waals surface area contributed by atoms with Gasteiger partial charge in [0.15, 0.2) is 0 Å². The first-order chi connectivity index (χ1) is 20.7. The Morgan fingerprint density at radius 1 is 0.524 bits per heavy atom. The Balaban J connectivity index is 1.27. The van der Waals surface area contributed by atoms with Gasteiger partial charge in [0.1, 0.15) is 0 Å². The zero-order chi connectivity index (χ0) is 28.2. The first-order valence-electron chi connectivity index (χ1n) is 13.8. The van der Waals surface area contributed by atoms with Crippen molar-refractivity contribution in [3.05, 3.63) is 151 Å². The van der Waals surface area contributed by atoms with Gasteiger partial charge in [0, 0.05) is 22.5 Å². The lowest BCUT2D eigenvalue weighted by Gasteiger charge is -2.15. The Labute approximate surface area is 241 Å². The lowest BCUT2D eigenvalue weighted by molar-refractivity contribution is 0.0926. The smallest absolute Gasteiger partial charge is 0.268 e. The van der Waals surface area contributed by atoms with Crippen LogP contribution < -0.4 is 4.90 Å². The minimum atomic E-state index is -0.325. The molecule has 1 aliphatic rings. The molecular formula is C37H23N3O2. The number of pyridine rings is 1. The van der Waals surface area contributed by atoms with Gasteiger partial charge in [0.2, 0.25) is 0 Å². The summed E-state index contributed by atoms with van der Waals surface area (Å²) in [6.07, 6.45) is 1.79. The first kappa shape index (κ1) is 24.0. The van der Waals surface area contributed by atoms with Crippen LogP contribution in [0, 0.1) is 0 Å². The highest BCUT2D eigenvalue weighted by Crippen LogP contribution is 2.39. The number of nitrogens with zero attached hydrogens (tertiary/aromatic N) is 3. The topological polar surface area (TPSA) is 55.2 Å². The fraction of sp³-hybridized carbons (Fsp3) is 0. The standard InChI is InChI=1S/C37H23N3O2/c41-36-29-12-8-15-34(35(29)37(42)39(36)27-19-16-25(17-20-27)24-9-2-1-3-10-24)40-32-14-5-4-11-28(32)30-23-26(18-21-33(30)40)31-13-6-7-22-38-31/h1-23H. The number of hydrogen-bond donors (Lipinski definition) is 0. The van der Waals surface area contributed by atoms with Gasteiger partial charge < -0.3 is 4.57 Å². The van der Waals surface area contributed by atoms with Crippen LogP contribution in [0.5, 0.6) is 0 Å². The lowest BCUT2D eigenvalue weighted by Crippen LogP contribution is -2.29. The van der Waals surface area contributed by atoms with E-state index >= 15 is 0 Å². The highest BCUT2D eigenvalue weighted by atomic mass is 16.2. The molecule has 1 aliphatic heterocycles. The maximum Gasteiger partial charge on any atom is 0.268 e. The number of anilines is 1. The van der Waals surface area contributed by atoms with E-state index in [-0.39, 0.29) is 11.8 Å². The Kier molecular flexibility index (Phi) is 5.37. The SMILES string of the molecule is O=C1c2cccc(-n3c4ccccc4c4cc(-c5ccccn5)ccc43)c2C(=O)N1c1ccc(-c2ccccc2)cc1. The molecule has 0 spiro atoms. The first-order valence-corrected chi connectivity index (χ1v) is 13.8. The third-order valence-electron chi connectivity index (χ3n) is 8.00. The van der Waals surface area contributed by atoms with Gasteiger partial charge in [-0.15, -0.1) is 0 Å². The van der Waals surface area contributed by atoms with E-state index in [9.17, 15) is 9.59 Å². The minimum Gasteiger partial charge on any atom is -0.308 e. The highest BCUT2D eigenvalue weighted by Gasteiger charge is 2.39. The number of rotatable bonds is 4. The van der Waals surface area contributed by atoms with Crippen molar-refractivity contribution in [1.29, 1.82) is 0 Å². The van der Waals surface area contributed by atoms with E-state index in [0.29, 0.717) is 22.5 Å². The summed E-state index contributed by atoms with van der Waals surface area (Å²) in [6, 6.07) is 43.4. The molecule has 42 heavy (non-hydrogen) atoms. The summed E-state index contributed by atoms with van der Waals surface area (Å²) in [5, 5.41) is 2.12. The zero-order valence-corrected chi connectivity index (χ0v) is 22.4. The van der Waals surface area contributed by atoms with Crippen molar-refractivity contribution in [2.24, 2.45) is 0 Å². The summed E-state index contributed by atoms with van der Waals surface area (Å²) in [7, 11) is 0. The van der Waals surface area contributed by atoms with Crippen LogP contribution in [0.1, 0.15) is 20.7 Å². The molecule has 0 atom stereocenters. The number of benzene rings is 5. The van der Waals surface area contributed by atoms with Crippen molar-refractivity contribution in [1.82, 2.24) is 9.55 Å². The molecule has 0 saturated carbocycles. The monoisotopic (exact) mass is 541 g/mol. The van der Waals surface area contributed by atoms with Gasteiger partial charge in [0.05, 0.1) is 39.2 Å². The van der Waals surface area contributed by atoms with Crippen LogP contribution in [0.15, 0.2) is 140 Å². The summed E-state index contributed by atoms with van der Waals surface area (Å²) in [5.41, 5.74) is 7.97. The summed E-state index contributed by atoms with van der Waals surface area (Å²) < 4.78 is 2.10. The summed E-state index contributed by atoms with van der Waals surface area (Å²) in [6.45, 7) is 0. The molecule has 2 amide bonds. The molecule has 198 valence electrons. The molecule has 8 rings (SSSR count). The van der Waals surface area contributed by atoms with Gasteiger partial charge in [-0.05, 0) is 65.7 Å². The Hall–Kier alpha value is -5.81. The third-order valence-corrected chi connectivity index (χ3v) is 8.00. The molecule has 0 bridgehead atoms. The number of imide groups is 1.